The van der Waals surface area contributed by atoms with E-state index in [2.05, 4.69) is 5.32 Å². The smallest absolute Gasteiger partial charge is 0.244 e. The Morgan fingerprint density at radius 2 is 1.55 bits per heavy atom. The van der Waals surface area contributed by atoms with E-state index in [0.29, 0.717) is 12.1 Å². The van der Waals surface area contributed by atoms with Crippen molar-refractivity contribution < 1.29 is 18.0 Å². The molecule has 0 aliphatic heterocycles. The molecule has 0 saturated heterocycles. The Balaban J connectivity index is 2.48. The average Bonchev–Trinajstić information content (AvgIpc) is 2.72. The number of benzene rings is 2. The van der Waals surface area contributed by atoms with Crippen molar-refractivity contribution >= 4 is 27.5 Å². The van der Waals surface area contributed by atoms with Gasteiger partial charge in [-0.25, -0.2) is 8.42 Å². The van der Waals surface area contributed by atoms with Crippen LogP contribution < -0.4 is 9.62 Å². The summed E-state index contributed by atoms with van der Waals surface area (Å²) < 4.78 is 26.6. The van der Waals surface area contributed by atoms with Crippen LogP contribution in [-0.4, -0.2) is 50.0 Å². The van der Waals surface area contributed by atoms with Gasteiger partial charge in [-0.1, -0.05) is 55.5 Å². The summed E-state index contributed by atoms with van der Waals surface area (Å²) in [6.07, 6.45) is 1.50. The number of carbonyl (C=O) groups excluding carboxylic acids is 2. The van der Waals surface area contributed by atoms with Gasteiger partial charge in [0.15, 0.2) is 0 Å². The minimum absolute atomic E-state index is 0.0811. The number of amides is 2. The molecule has 0 heterocycles. The third-order valence-electron chi connectivity index (χ3n) is 5.38. The first-order chi connectivity index (χ1) is 15.5. The Hall–Kier alpha value is -2.87. The van der Waals surface area contributed by atoms with Gasteiger partial charge in [-0.05, 0) is 50.8 Å². The van der Waals surface area contributed by atoms with Crippen molar-refractivity contribution in [3.05, 3.63) is 65.2 Å². The fraction of sp³-hybridized carbons (Fsp3) is 0.440. The van der Waals surface area contributed by atoms with Gasteiger partial charge in [0, 0.05) is 12.6 Å². The van der Waals surface area contributed by atoms with Gasteiger partial charge >= 0.3 is 0 Å². The van der Waals surface area contributed by atoms with Crippen LogP contribution in [-0.2, 0) is 26.2 Å². The van der Waals surface area contributed by atoms with Crippen molar-refractivity contribution in [3.8, 4) is 0 Å². The predicted molar refractivity (Wildman–Crippen MR) is 132 cm³/mol. The number of hydrogen-bond acceptors (Lipinski definition) is 4. The third kappa shape index (κ3) is 7.05. The molecule has 1 N–H and O–H groups in total. The van der Waals surface area contributed by atoms with Crippen molar-refractivity contribution in [2.75, 3.05) is 17.1 Å². The fourth-order valence-corrected chi connectivity index (χ4v) is 4.82. The largest absolute Gasteiger partial charge is 0.352 e. The van der Waals surface area contributed by atoms with E-state index in [9.17, 15) is 18.0 Å². The van der Waals surface area contributed by atoms with Crippen LogP contribution in [0.5, 0.6) is 0 Å². The van der Waals surface area contributed by atoms with Crippen molar-refractivity contribution in [1.82, 2.24) is 10.2 Å². The first kappa shape index (κ1) is 26.4. The first-order valence-corrected chi connectivity index (χ1v) is 13.0. The molecule has 0 saturated carbocycles. The van der Waals surface area contributed by atoms with Gasteiger partial charge in [-0.15, -0.1) is 0 Å². The minimum Gasteiger partial charge on any atom is -0.352 e. The number of nitrogens with one attached hydrogen (secondary N) is 1. The van der Waals surface area contributed by atoms with Crippen LogP contribution in [0.15, 0.2) is 48.5 Å². The highest BCUT2D eigenvalue weighted by atomic mass is 32.2. The lowest BCUT2D eigenvalue weighted by Crippen LogP contribution is -2.53. The summed E-state index contributed by atoms with van der Waals surface area (Å²) in [6, 6.07) is 14.1. The average molecular weight is 474 g/mol. The molecule has 0 aliphatic carbocycles. The van der Waals surface area contributed by atoms with Crippen LogP contribution >= 0.6 is 0 Å². The summed E-state index contributed by atoms with van der Waals surface area (Å²) in [6.45, 7) is 9.02. The van der Waals surface area contributed by atoms with Gasteiger partial charge in [0.05, 0.1) is 11.9 Å². The molecule has 0 aromatic heterocycles. The van der Waals surface area contributed by atoms with Crippen LogP contribution in [0.25, 0.3) is 0 Å². The lowest BCUT2D eigenvalue weighted by atomic mass is 10.1. The summed E-state index contributed by atoms with van der Waals surface area (Å²) in [5.41, 5.74) is 2.87. The molecule has 8 heteroatoms. The Labute approximate surface area is 197 Å². The lowest BCUT2D eigenvalue weighted by molar-refractivity contribution is -0.140. The third-order valence-corrected chi connectivity index (χ3v) is 6.49. The molecule has 0 spiro atoms. The Bertz CT molecular complexity index is 1050. The maximum Gasteiger partial charge on any atom is 0.244 e. The minimum atomic E-state index is -3.75. The highest BCUT2D eigenvalue weighted by Crippen LogP contribution is 2.27. The quantitative estimate of drug-likeness (QED) is 0.573. The molecule has 180 valence electrons. The number of nitrogens with zero attached hydrogens (tertiary/aromatic N) is 2. The molecule has 0 aliphatic rings. The number of hydrogen-bond donors (Lipinski definition) is 1. The molecule has 2 aromatic rings. The van der Waals surface area contributed by atoms with Crippen molar-refractivity contribution in [1.29, 1.82) is 0 Å². The van der Waals surface area contributed by atoms with E-state index in [1.165, 1.54) is 4.90 Å². The molecule has 2 amide bonds. The molecular formula is C25H35N3O4S. The van der Waals surface area contributed by atoms with E-state index in [1.54, 1.807) is 0 Å². The second kappa shape index (κ2) is 11.3. The van der Waals surface area contributed by atoms with Crippen LogP contribution in [0.4, 0.5) is 5.69 Å². The molecule has 0 fully saturated rings. The lowest BCUT2D eigenvalue weighted by Gasteiger charge is -2.33. The van der Waals surface area contributed by atoms with Gasteiger partial charge in [0.2, 0.25) is 21.8 Å². The van der Waals surface area contributed by atoms with Gasteiger partial charge in [0.1, 0.15) is 12.6 Å². The number of anilines is 1. The predicted octanol–water partition coefficient (Wildman–Crippen LogP) is 3.40. The van der Waals surface area contributed by atoms with E-state index in [4.69, 9.17) is 0 Å². The maximum atomic E-state index is 13.6. The summed E-state index contributed by atoms with van der Waals surface area (Å²) in [5.74, 6) is -0.688. The molecule has 1 atom stereocenters. The van der Waals surface area contributed by atoms with Gasteiger partial charge in [0.25, 0.3) is 0 Å². The molecule has 0 bridgehead atoms. The Morgan fingerprint density at radius 3 is 2.03 bits per heavy atom. The summed E-state index contributed by atoms with van der Waals surface area (Å²) in [5, 5.41) is 2.88. The number of aryl methyl sites for hydroxylation is 2. The van der Waals surface area contributed by atoms with Crippen LogP contribution in [0.1, 0.15) is 43.9 Å². The van der Waals surface area contributed by atoms with Crippen LogP contribution in [0, 0.1) is 13.8 Å². The van der Waals surface area contributed by atoms with Crippen molar-refractivity contribution in [2.24, 2.45) is 0 Å². The topological polar surface area (TPSA) is 86.8 Å². The van der Waals surface area contributed by atoms with Gasteiger partial charge < -0.3 is 10.2 Å². The zero-order chi connectivity index (χ0) is 24.8. The highest BCUT2D eigenvalue weighted by molar-refractivity contribution is 7.92. The zero-order valence-electron chi connectivity index (χ0n) is 20.3. The van der Waals surface area contributed by atoms with E-state index < -0.39 is 22.0 Å². The number of sulfonamides is 1. The fourth-order valence-electron chi connectivity index (χ4n) is 3.86. The highest BCUT2D eigenvalue weighted by Gasteiger charge is 2.32. The first-order valence-electron chi connectivity index (χ1n) is 11.1. The molecule has 2 aromatic carbocycles. The Morgan fingerprint density at radius 1 is 0.970 bits per heavy atom. The second-order valence-electron chi connectivity index (χ2n) is 8.60. The van der Waals surface area contributed by atoms with Gasteiger partial charge in [-0.3, -0.25) is 13.9 Å². The molecular weight excluding hydrogens is 438 g/mol. The molecule has 1 unspecified atom stereocenters. The summed E-state index contributed by atoms with van der Waals surface area (Å²) >= 11 is 0. The standard InChI is InChI=1S/C25H35N3O4S/c1-7-22(25(30)26-18(2)3)27(16-21-14-9-8-10-15-21)23(29)17-28(33(6,31)32)24-19(4)12-11-13-20(24)5/h8-15,18,22H,7,16-17H2,1-6H3,(H,26,30). The number of para-hydroxylation sites is 1. The second-order valence-corrected chi connectivity index (χ2v) is 10.5. The molecule has 7 nitrogen and oxygen atoms in total. The molecule has 2 rings (SSSR count). The van der Waals surface area contributed by atoms with Crippen LogP contribution in [0.2, 0.25) is 0 Å². The maximum absolute atomic E-state index is 13.6. The van der Waals surface area contributed by atoms with E-state index >= 15 is 0 Å². The van der Waals surface area contributed by atoms with E-state index in [1.807, 2.05) is 83.1 Å². The van der Waals surface area contributed by atoms with E-state index in [-0.39, 0.29) is 25.0 Å². The molecule has 0 radical (unpaired) electrons. The normalized spacial score (nSPS) is 12.3. The Kier molecular flexibility index (Phi) is 9.05. The summed E-state index contributed by atoms with van der Waals surface area (Å²) in [7, 11) is -3.75. The van der Waals surface area contributed by atoms with Crippen molar-refractivity contribution in [2.45, 2.75) is 59.7 Å². The van der Waals surface area contributed by atoms with E-state index in [0.717, 1.165) is 27.3 Å². The molecule has 33 heavy (non-hydrogen) atoms. The SMILES string of the molecule is CCC(C(=O)NC(C)C)N(Cc1ccccc1)C(=O)CN(c1c(C)cccc1C)S(C)(=O)=O. The summed E-state index contributed by atoms with van der Waals surface area (Å²) in [4.78, 5) is 28.1. The zero-order valence-corrected chi connectivity index (χ0v) is 21.1. The number of carbonyl (C=O) groups is 2. The van der Waals surface area contributed by atoms with Gasteiger partial charge in [-0.2, -0.15) is 0 Å². The van der Waals surface area contributed by atoms with Crippen molar-refractivity contribution in [3.63, 3.8) is 0 Å². The van der Waals surface area contributed by atoms with Crippen LogP contribution in [0.3, 0.4) is 0 Å². The monoisotopic (exact) mass is 473 g/mol. The number of rotatable bonds is 10.